The molecule has 0 aliphatic heterocycles. The largest absolute Gasteiger partial charge is 0.298 e. The second-order valence-corrected chi connectivity index (χ2v) is 9.98. The van der Waals surface area contributed by atoms with Crippen molar-refractivity contribution in [1.29, 1.82) is 0 Å². The van der Waals surface area contributed by atoms with E-state index in [1.807, 2.05) is 95.5 Å². The first-order chi connectivity index (χ1) is 23.0. The van der Waals surface area contributed by atoms with Crippen molar-refractivity contribution in [3.05, 3.63) is 193 Å². The molecule has 0 fully saturated rings. The summed E-state index contributed by atoms with van der Waals surface area (Å²) in [6.45, 7) is 43.2. The third-order valence-corrected chi connectivity index (χ3v) is 6.88. The van der Waals surface area contributed by atoms with Gasteiger partial charge in [-0.3, -0.25) is 9.78 Å². The van der Waals surface area contributed by atoms with Crippen LogP contribution in [0.25, 0.3) is 17.7 Å². The topological polar surface area (TPSA) is 30.0 Å². The number of aldehydes is 1. The summed E-state index contributed by atoms with van der Waals surface area (Å²) in [7, 11) is 0. The van der Waals surface area contributed by atoms with Crippen LogP contribution in [-0.2, 0) is 4.79 Å². The fourth-order valence-electron chi connectivity index (χ4n) is 3.87. The van der Waals surface area contributed by atoms with Gasteiger partial charge in [-0.2, -0.15) is 0 Å². The molecular weight excluding hydrogens is 583 g/mol. The van der Waals surface area contributed by atoms with Gasteiger partial charge < -0.3 is 0 Å². The van der Waals surface area contributed by atoms with Crippen LogP contribution in [0, 0.1) is 20.8 Å². The molecule has 1 heterocycles. The molecule has 0 bridgehead atoms. The fraction of sp³-hybridized carbons (Fsp3) is 0.217. The van der Waals surface area contributed by atoms with E-state index in [0.29, 0.717) is 5.57 Å². The van der Waals surface area contributed by atoms with E-state index in [0.717, 1.165) is 28.5 Å². The van der Waals surface area contributed by atoms with Gasteiger partial charge in [0, 0.05) is 23.5 Å². The van der Waals surface area contributed by atoms with Gasteiger partial charge >= 0.3 is 0 Å². The molecule has 0 amide bonds. The van der Waals surface area contributed by atoms with Crippen molar-refractivity contribution >= 4 is 24.0 Å². The highest BCUT2D eigenvalue weighted by molar-refractivity contribution is 5.86. The predicted molar refractivity (Wildman–Crippen MR) is 221 cm³/mol. The molecule has 0 spiro atoms. The van der Waals surface area contributed by atoms with Gasteiger partial charge in [0.15, 0.2) is 0 Å². The van der Waals surface area contributed by atoms with Gasteiger partial charge in [-0.1, -0.05) is 156 Å². The molecule has 256 valence electrons. The highest BCUT2D eigenvalue weighted by Crippen LogP contribution is 2.34. The normalized spacial score (nSPS) is 11.0. The van der Waals surface area contributed by atoms with E-state index in [-0.39, 0.29) is 0 Å². The summed E-state index contributed by atoms with van der Waals surface area (Å²) in [5.74, 6) is 0. The molecule has 1 aromatic heterocycles. The molecule has 48 heavy (non-hydrogen) atoms. The molecule has 0 N–H and O–H groups in total. The number of nitrogens with zero attached hydrogens (tertiary/aromatic N) is 1. The first-order valence-electron chi connectivity index (χ1n) is 16.2. The minimum atomic E-state index is 0.605. The maximum atomic E-state index is 10.1. The summed E-state index contributed by atoms with van der Waals surface area (Å²) in [4.78, 5) is 14.3. The highest BCUT2D eigenvalue weighted by atomic mass is 16.1. The lowest BCUT2D eigenvalue weighted by Crippen LogP contribution is -2.03. The third-order valence-electron chi connectivity index (χ3n) is 6.88. The Bertz CT molecular complexity index is 1460. The fourth-order valence-corrected chi connectivity index (χ4v) is 3.87. The first kappa shape index (κ1) is 47.3. The number of rotatable bonds is 11. The van der Waals surface area contributed by atoms with Gasteiger partial charge in [0.25, 0.3) is 0 Å². The zero-order valence-corrected chi connectivity index (χ0v) is 31.6. The van der Waals surface area contributed by atoms with Crippen LogP contribution in [0.5, 0.6) is 0 Å². The second-order valence-electron chi connectivity index (χ2n) is 9.98. The number of hydrogen-bond acceptors (Lipinski definition) is 2. The van der Waals surface area contributed by atoms with Crippen molar-refractivity contribution in [2.24, 2.45) is 0 Å². The van der Waals surface area contributed by atoms with E-state index in [4.69, 9.17) is 0 Å². The molecule has 2 rings (SSSR count). The molecule has 2 aromatic rings. The zero-order valence-electron chi connectivity index (χ0n) is 31.6. The summed E-state index contributed by atoms with van der Waals surface area (Å²) in [5, 5.41) is 0. The van der Waals surface area contributed by atoms with E-state index in [1.165, 1.54) is 39.5 Å². The lowest BCUT2D eigenvalue weighted by atomic mass is 9.84. The number of aromatic nitrogens is 1. The summed E-state index contributed by atoms with van der Waals surface area (Å²) >= 11 is 0. The van der Waals surface area contributed by atoms with Crippen molar-refractivity contribution in [2.45, 2.75) is 69.2 Å². The van der Waals surface area contributed by atoms with Gasteiger partial charge in [0.05, 0.1) is 0 Å². The lowest BCUT2D eigenvalue weighted by molar-refractivity contribution is -0.104. The second kappa shape index (κ2) is 30.6. The van der Waals surface area contributed by atoms with Crippen LogP contribution in [-0.4, -0.2) is 11.3 Å². The number of allylic oxidation sites excluding steroid dienone is 15. The number of benzene rings is 1. The molecule has 0 saturated heterocycles. The maximum absolute atomic E-state index is 10.1. The summed E-state index contributed by atoms with van der Waals surface area (Å²) in [5.41, 5.74) is 12.3. The number of pyridine rings is 1. The average Bonchev–Trinajstić information content (AvgIpc) is 3.13. The molecule has 0 unspecified atom stereocenters. The van der Waals surface area contributed by atoms with Crippen molar-refractivity contribution < 1.29 is 4.79 Å². The van der Waals surface area contributed by atoms with Gasteiger partial charge in [-0.25, -0.2) is 0 Å². The molecule has 0 saturated carbocycles. The Hall–Kier alpha value is -5.08. The van der Waals surface area contributed by atoms with E-state index in [2.05, 4.69) is 91.2 Å². The molecule has 2 heteroatoms. The van der Waals surface area contributed by atoms with Gasteiger partial charge in [-0.15, -0.1) is 0 Å². The SMILES string of the molecule is C=C/C(C=O)=C\C=C/C.C=C/C=C\C(C)=C/C.C=C/C=C\C(C)=C/C.C=Cc1c(C)c(C)c(C(=C)c2cccnc2)c(C)c1C=C.CC. The van der Waals surface area contributed by atoms with Crippen molar-refractivity contribution in [3.63, 3.8) is 0 Å². The molecule has 0 radical (unpaired) electrons. The maximum Gasteiger partial charge on any atom is 0.150 e. The van der Waals surface area contributed by atoms with Gasteiger partial charge in [0.1, 0.15) is 6.29 Å². The van der Waals surface area contributed by atoms with Crippen LogP contribution in [0.2, 0.25) is 0 Å². The number of hydrogen-bond donors (Lipinski definition) is 0. The highest BCUT2D eigenvalue weighted by Gasteiger charge is 2.16. The van der Waals surface area contributed by atoms with Crippen LogP contribution in [0.1, 0.15) is 87.4 Å². The van der Waals surface area contributed by atoms with Crippen molar-refractivity contribution in [3.8, 4) is 0 Å². The number of carbonyl (C=O) groups excluding carboxylic acids is 1. The zero-order chi connectivity index (χ0) is 37.5. The Morgan fingerprint density at radius 2 is 1.25 bits per heavy atom. The van der Waals surface area contributed by atoms with Crippen LogP contribution < -0.4 is 0 Å². The minimum Gasteiger partial charge on any atom is -0.298 e. The van der Waals surface area contributed by atoms with E-state index < -0.39 is 0 Å². The minimum absolute atomic E-state index is 0.605. The van der Waals surface area contributed by atoms with Crippen molar-refractivity contribution in [1.82, 2.24) is 4.98 Å². The van der Waals surface area contributed by atoms with Crippen LogP contribution in [0.15, 0.2) is 154 Å². The van der Waals surface area contributed by atoms with E-state index >= 15 is 0 Å². The van der Waals surface area contributed by atoms with E-state index in [1.54, 1.807) is 30.5 Å². The smallest absolute Gasteiger partial charge is 0.150 e. The third kappa shape index (κ3) is 18.8. The Labute approximate surface area is 294 Å². The average molecular weight is 644 g/mol. The first-order valence-corrected chi connectivity index (χ1v) is 16.2. The molecule has 0 atom stereocenters. The van der Waals surface area contributed by atoms with E-state index in [9.17, 15) is 4.79 Å². The van der Waals surface area contributed by atoms with Crippen LogP contribution in [0.3, 0.4) is 0 Å². The monoisotopic (exact) mass is 643 g/mol. The van der Waals surface area contributed by atoms with Crippen LogP contribution >= 0.6 is 0 Å². The molecule has 0 aliphatic rings. The predicted octanol–water partition coefficient (Wildman–Crippen LogP) is 13.6. The molecule has 0 aliphatic carbocycles. The quantitative estimate of drug-likeness (QED) is 0.139. The van der Waals surface area contributed by atoms with Crippen molar-refractivity contribution in [2.75, 3.05) is 0 Å². The summed E-state index contributed by atoms with van der Waals surface area (Å²) in [6, 6.07) is 3.98. The lowest BCUT2D eigenvalue weighted by Gasteiger charge is -2.20. The van der Waals surface area contributed by atoms with Gasteiger partial charge in [0.2, 0.25) is 0 Å². The van der Waals surface area contributed by atoms with Crippen LogP contribution in [0.4, 0.5) is 0 Å². The van der Waals surface area contributed by atoms with Gasteiger partial charge in [-0.05, 0) is 100 Å². The molecule has 2 nitrogen and oxygen atoms in total. The Kier molecular flexibility index (Phi) is 30.1. The Balaban J connectivity index is -0.000000626. The number of carbonyl (C=O) groups is 1. The summed E-state index contributed by atoms with van der Waals surface area (Å²) < 4.78 is 0. The molecule has 1 aromatic carbocycles. The Morgan fingerprint density at radius 3 is 1.60 bits per heavy atom. The Morgan fingerprint density at radius 1 is 0.750 bits per heavy atom. The summed E-state index contributed by atoms with van der Waals surface area (Å²) in [6.07, 6.45) is 30.6. The standard InChI is InChI=1S/C20H21N.C8H10O.2C8H12.C2H6/c1-7-18-13(3)14(4)20(16(6)19(18)8-2)15(5)17-10-9-11-21-12-17;1-3-5-6-8(4-2)7-9;2*1-4-6-7-8(3)5-2;1-2/h7-12H,1-2,5H2,3-4,6H3;3-7H,2H2,1H3;2*4-7H,1H2,2-3H3;1-2H3/b;5-3-,8-6+;2*7-6-,8-5-;. The molecular formula is C46H61NO.